The van der Waals surface area contributed by atoms with Crippen molar-refractivity contribution in [3.63, 3.8) is 0 Å². The zero-order chi connectivity index (χ0) is 13.8. The summed E-state index contributed by atoms with van der Waals surface area (Å²) in [6, 6.07) is 5.09. The lowest BCUT2D eigenvalue weighted by Crippen LogP contribution is -2.32. The number of urea groups is 1. The Morgan fingerprint density at radius 1 is 1.58 bits per heavy atom. The molecule has 0 aliphatic rings. The van der Waals surface area contributed by atoms with E-state index in [1.165, 1.54) is 0 Å². The van der Waals surface area contributed by atoms with Gasteiger partial charge in [0, 0.05) is 19.2 Å². The second kappa shape index (κ2) is 5.79. The molecule has 2 aromatic rings. The number of carbonyl (C=O) groups excluding carboxylic acids is 1. The highest BCUT2D eigenvalue weighted by atomic mass is 35.5. The number of methoxy groups -OCH3 is 1. The monoisotopic (exact) mass is 282 g/mol. The van der Waals surface area contributed by atoms with Crippen molar-refractivity contribution in [2.24, 2.45) is 5.73 Å². The van der Waals surface area contributed by atoms with Gasteiger partial charge in [-0.2, -0.15) is 0 Å². The van der Waals surface area contributed by atoms with Crippen LogP contribution in [0.3, 0.4) is 0 Å². The third kappa shape index (κ3) is 2.90. The first-order valence-corrected chi connectivity index (χ1v) is 6.31. The van der Waals surface area contributed by atoms with Crippen LogP contribution < -0.4 is 15.8 Å². The van der Waals surface area contributed by atoms with Crippen molar-refractivity contribution < 1.29 is 9.53 Å². The maximum atomic E-state index is 10.7. The zero-order valence-corrected chi connectivity index (χ0v) is 11.3. The number of aromatic nitrogens is 2. The summed E-state index contributed by atoms with van der Waals surface area (Å²) in [7, 11) is 1.61. The molecule has 0 aliphatic carbocycles. The largest absolute Gasteiger partial charge is 0.497 e. The second-order valence-corrected chi connectivity index (χ2v) is 4.23. The second-order valence-electron chi connectivity index (χ2n) is 3.96. The molecule has 0 spiro atoms. The van der Waals surface area contributed by atoms with Crippen LogP contribution in [0.4, 0.5) is 4.79 Å². The molecule has 19 heavy (non-hydrogen) atoms. The molecule has 0 aliphatic heterocycles. The molecule has 1 heterocycles. The van der Waals surface area contributed by atoms with Gasteiger partial charge in [-0.1, -0.05) is 0 Å². The molecule has 0 bridgehead atoms. The third-order valence-electron chi connectivity index (χ3n) is 2.79. The topological polar surface area (TPSA) is 82.2 Å². The maximum absolute atomic E-state index is 10.7. The number of ether oxygens (including phenoxy) is 1. The standard InChI is InChI=1S/C12H15ClN4O2/c1-19-8-2-3-10-9(6-8)16-11(7-13)17(10)5-4-15-12(14)18/h2-3,6H,4-5,7H2,1H3,(H3,14,15,18). The van der Waals surface area contributed by atoms with E-state index in [1.807, 2.05) is 22.8 Å². The molecule has 1 aromatic carbocycles. The van der Waals surface area contributed by atoms with Crippen LogP contribution in [-0.2, 0) is 12.4 Å². The number of benzene rings is 1. The number of imidazole rings is 1. The Bertz CT molecular complexity index is 597. The summed E-state index contributed by atoms with van der Waals surface area (Å²) in [6.07, 6.45) is 0. The van der Waals surface area contributed by atoms with Crippen LogP contribution in [0, 0.1) is 0 Å². The van der Waals surface area contributed by atoms with Gasteiger partial charge in [0.25, 0.3) is 0 Å². The molecule has 0 fully saturated rings. The molecule has 7 heteroatoms. The molecular weight excluding hydrogens is 268 g/mol. The number of nitrogens with zero attached hydrogens (tertiary/aromatic N) is 2. The zero-order valence-electron chi connectivity index (χ0n) is 10.5. The molecule has 3 N–H and O–H groups in total. The molecule has 6 nitrogen and oxygen atoms in total. The minimum absolute atomic E-state index is 0.299. The number of fused-ring (bicyclic) bond motifs is 1. The Balaban J connectivity index is 2.32. The van der Waals surface area contributed by atoms with Gasteiger partial charge < -0.3 is 20.4 Å². The molecule has 1 aromatic heterocycles. The van der Waals surface area contributed by atoms with E-state index in [-0.39, 0.29) is 0 Å². The van der Waals surface area contributed by atoms with E-state index in [0.717, 1.165) is 22.6 Å². The minimum atomic E-state index is -0.543. The van der Waals surface area contributed by atoms with Gasteiger partial charge in [0.15, 0.2) is 0 Å². The molecule has 0 radical (unpaired) electrons. The van der Waals surface area contributed by atoms with Crippen LogP contribution in [0.5, 0.6) is 5.75 Å². The van der Waals surface area contributed by atoms with Gasteiger partial charge in [0.1, 0.15) is 11.6 Å². The summed E-state index contributed by atoms with van der Waals surface area (Å²) < 4.78 is 7.12. The summed E-state index contributed by atoms with van der Waals surface area (Å²) in [6.45, 7) is 0.991. The van der Waals surface area contributed by atoms with Crippen LogP contribution in [0.2, 0.25) is 0 Å². The van der Waals surface area contributed by atoms with Gasteiger partial charge in [-0.3, -0.25) is 0 Å². The smallest absolute Gasteiger partial charge is 0.312 e. The van der Waals surface area contributed by atoms with Gasteiger partial charge >= 0.3 is 6.03 Å². The van der Waals surface area contributed by atoms with Crippen LogP contribution >= 0.6 is 11.6 Å². The summed E-state index contributed by atoms with van der Waals surface area (Å²) >= 11 is 5.89. The van der Waals surface area contributed by atoms with Gasteiger partial charge in [-0.05, 0) is 12.1 Å². The summed E-state index contributed by atoms with van der Waals surface area (Å²) in [5, 5.41) is 2.54. The van der Waals surface area contributed by atoms with Gasteiger partial charge in [0.05, 0.1) is 24.0 Å². The lowest BCUT2D eigenvalue weighted by atomic mass is 10.3. The third-order valence-corrected chi connectivity index (χ3v) is 3.03. The van der Waals surface area contributed by atoms with E-state index in [0.29, 0.717) is 19.0 Å². The lowest BCUT2D eigenvalue weighted by molar-refractivity contribution is 0.248. The molecular formula is C12H15ClN4O2. The van der Waals surface area contributed by atoms with Gasteiger partial charge in [-0.15, -0.1) is 11.6 Å². The van der Waals surface area contributed by atoms with Crippen molar-refractivity contribution in [1.82, 2.24) is 14.9 Å². The summed E-state index contributed by atoms with van der Waals surface area (Å²) in [5.41, 5.74) is 6.80. The number of alkyl halides is 1. The number of nitrogens with two attached hydrogens (primary N) is 1. The number of carbonyl (C=O) groups is 1. The predicted molar refractivity (Wildman–Crippen MR) is 73.4 cm³/mol. The quantitative estimate of drug-likeness (QED) is 0.815. The average molecular weight is 283 g/mol. The van der Waals surface area contributed by atoms with Crippen LogP contribution in [0.1, 0.15) is 5.82 Å². The van der Waals surface area contributed by atoms with Crippen molar-refractivity contribution in [3.8, 4) is 5.75 Å². The lowest BCUT2D eigenvalue weighted by Gasteiger charge is -2.08. The number of hydrogen-bond acceptors (Lipinski definition) is 3. The number of nitrogens with one attached hydrogen (secondary N) is 1. The Hall–Kier alpha value is -1.95. The van der Waals surface area contributed by atoms with Crippen LogP contribution in [0.25, 0.3) is 11.0 Å². The Kier molecular flexibility index (Phi) is 4.11. The first-order chi connectivity index (χ1) is 9.15. The number of rotatable bonds is 5. The number of primary amides is 1. The minimum Gasteiger partial charge on any atom is -0.497 e. The van der Waals surface area contributed by atoms with E-state index in [1.54, 1.807) is 7.11 Å². The maximum Gasteiger partial charge on any atom is 0.312 e. The normalized spacial score (nSPS) is 10.6. The van der Waals surface area contributed by atoms with Gasteiger partial charge in [-0.25, -0.2) is 9.78 Å². The number of halogens is 1. The van der Waals surface area contributed by atoms with Crippen LogP contribution in [0.15, 0.2) is 18.2 Å². The molecule has 0 saturated carbocycles. The molecule has 0 unspecified atom stereocenters. The van der Waals surface area contributed by atoms with Crippen molar-refractivity contribution in [2.75, 3.05) is 13.7 Å². The summed E-state index contributed by atoms with van der Waals surface area (Å²) in [5.74, 6) is 1.79. The first-order valence-electron chi connectivity index (χ1n) is 5.78. The Morgan fingerprint density at radius 3 is 3.00 bits per heavy atom. The van der Waals surface area contributed by atoms with E-state index < -0.39 is 6.03 Å². The SMILES string of the molecule is COc1ccc2c(c1)nc(CCl)n2CCNC(N)=O. The van der Waals surface area contributed by atoms with E-state index in [4.69, 9.17) is 22.1 Å². The highest BCUT2D eigenvalue weighted by Crippen LogP contribution is 2.22. The molecule has 2 amide bonds. The molecule has 0 saturated heterocycles. The highest BCUT2D eigenvalue weighted by Gasteiger charge is 2.10. The average Bonchev–Trinajstić information content (AvgIpc) is 2.75. The van der Waals surface area contributed by atoms with Crippen molar-refractivity contribution in [2.45, 2.75) is 12.4 Å². The van der Waals surface area contributed by atoms with Crippen molar-refractivity contribution in [1.29, 1.82) is 0 Å². The van der Waals surface area contributed by atoms with E-state index >= 15 is 0 Å². The van der Waals surface area contributed by atoms with E-state index in [9.17, 15) is 4.79 Å². The fourth-order valence-electron chi connectivity index (χ4n) is 1.93. The highest BCUT2D eigenvalue weighted by molar-refractivity contribution is 6.16. The number of amides is 2. The Morgan fingerprint density at radius 2 is 2.37 bits per heavy atom. The fourth-order valence-corrected chi connectivity index (χ4v) is 2.13. The summed E-state index contributed by atoms with van der Waals surface area (Å²) in [4.78, 5) is 15.1. The Labute approximate surface area is 115 Å². The predicted octanol–water partition coefficient (Wildman–Crippen LogP) is 1.45. The van der Waals surface area contributed by atoms with Crippen molar-refractivity contribution in [3.05, 3.63) is 24.0 Å². The first kappa shape index (κ1) is 13.5. The van der Waals surface area contributed by atoms with Crippen LogP contribution in [-0.4, -0.2) is 29.2 Å². The molecule has 2 rings (SSSR count). The number of hydrogen-bond donors (Lipinski definition) is 2. The molecule has 0 atom stereocenters. The van der Waals surface area contributed by atoms with Crippen molar-refractivity contribution >= 4 is 28.7 Å². The molecule has 102 valence electrons. The van der Waals surface area contributed by atoms with E-state index in [2.05, 4.69) is 10.3 Å². The van der Waals surface area contributed by atoms with Gasteiger partial charge in [0.2, 0.25) is 0 Å². The fraction of sp³-hybridized carbons (Fsp3) is 0.333.